The van der Waals surface area contributed by atoms with Gasteiger partial charge in [-0.1, -0.05) is 41.6 Å². The molecule has 0 bridgehead atoms. The second-order valence-electron chi connectivity index (χ2n) is 7.36. The zero-order valence-electron chi connectivity index (χ0n) is 16.0. The number of rotatable bonds is 6. The van der Waals surface area contributed by atoms with Gasteiger partial charge in [0.05, 0.1) is 6.61 Å². The third kappa shape index (κ3) is 5.07. The monoisotopic (exact) mass is 434 g/mol. The molecule has 1 saturated heterocycles. The van der Waals surface area contributed by atoms with Gasteiger partial charge in [0.2, 0.25) is 0 Å². The lowest BCUT2D eigenvalue weighted by Crippen LogP contribution is -2.47. The molecule has 0 saturated carbocycles. The SMILES string of the molecule is OCCN1CCN(CCSC2Cc3cc(Cl)ccc3Sc3ccccc32)CC1. The van der Waals surface area contributed by atoms with Crippen LogP contribution in [0.5, 0.6) is 0 Å². The molecule has 1 fully saturated rings. The third-order valence-electron chi connectivity index (χ3n) is 5.52. The van der Waals surface area contributed by atoms with Crippen molar-refractivity contribution in [3.63, 3.8) is 0 Å². The number of thioether (sulfide) groups is 1. The molecule has 0 amide bonds. The predicted octanol–water partition coefficient (Wildman–Crippen LogP) is 4.43. The van der Waals surface area contributed by atoms with E-state index in [4.69, 9.17) is 16.7 Å². The Labute approximate surface area is 181 Å². The number of aliphatic hydroxyl groups is 1. The Morgan fingerprint density at radius 2 is 1.75 bits per heavy atom. The van der Waals surface area contributed by atoms with Gasteiger partial charge in [0, 0.05) is 65.1 Å². The average Bonchev–Trinajstić information content (AvgIpc) is 2.86. The molecule has 2 aromatic rings. The van der Waals surface area contributed by atoms with E-state index in [0.29, 0.717) is 5.25 Å². The fraction of sp³-hybridized carbons (Fsp3) is 0.455. The van der Waals surface area contributed by atoms with E-state index in [1.807, 2.05) is 17.8 Å². The molecule has 0 aliphatic carbocycles. The van der Waals surface area contributed by atoms with Crippen molar-refractivity contribution in [2.75, 3.05) is 51.6 Å². The van der Waals surface area contributed by atoms with Crippen LogP contribution in [-0.4, -0.2) is 66.5 Å². The zero-order valence-corrected chi connectivity index (χ0v) is 18.4. The first-order valence-corrected chi connectivity index (χ1v) is 12.2. The van der Waals surface area contributed by atoms with Crippen LogP contribution in [0.4, 0.5) is 0 Å². The first kappa shape index (κ1) is 20.6. The van der Waals surface area contributed by atoms with Gasteiger partial charge in [-0.3, -0.25) is 9.80 Å². The summed E-state index contributed by atoms with van der Waals surface area (Å²) in [6.07, 6.45) is 1.04. The van der Waals surface area contributed by atoms with Crippen LogP contribution in [0.1, 0.15) is 16.4 Å². The fourth-order valence-electron chi connectivity index (χ4n) is 3.93. The van der Waals surface area contributed by atoms with Crippen LogP contribution in [0.3, 0.4) is 0 Å². The molecule has 2 aromatic carbocycles. The maximum Gasteiger partial charge on any atom is 0.0558 e. The average molecular weight is 435 g/mol. The molecular weight excluding hydrogens is 408 g/mol. The van der Waals surface area contributed by atoms with Crippen LogP contribution in [-0.2, 0) is 6.42 Å². The quantitative estimate of drug-likeness (QED) is 0.725. The number of piperazine rings is 1. The Hall–Kier alpha value is -0.690. The van der Waals surface area contributed by atoms with Crippen LogP contribution in [0, 0.1) is 0 Å². The Bertz CT molecular complexity index is 796. The summed E-state index contributed by atoms with van der Waals surface area (Å²) in [7, 11) is 0. The van der Waals surface area contributed by atoms with E-state index in [1.54, 1.807) is 0 Å². The highest BCUT2D eigenvalue weighted by molar-refractivity contribution is 8.00. The second kappa shape index (κ2) is 9.88. The van der Waals surface area contributed by atoms with Crippen molar-refractivity contribution in [2.45, 2.75) is 21.5 Å². The Morgan fingerprint density at radius 1 is 1.00 bits per heavy atom. The van der Waals surface area contributed by atoms with E-state index in [9.17, 15) is 0 Å². The standard InChI is InChI=1S/C22H27ClN2OS2/c23-18-5-6-20-17(15-18)16-22(19-3-1-2-4-21(19)28-20)27-14-12-25-9-7-24(8-10-25)11-13-26/h1-6,15,22,26H,7-14,16H2. The first-order valence-electron chi connectivity index (χ1n) is 9.95. The van der Waals surface area contributed by atoms with Crippen molar-refractivity contribution in [1.82, 2.24) is 9.80 Å². The molecule has 2 aliphatic heterocycles. The van der Waals surface area contributed by atoms with Gasteiger partial charge in [0.25, 0.3) is 0 Å². The zero-order chi connectivity index (χ0) is 19.3. The summed E-state index contributed by atoms with van der Waals surface area (Å²) < 4.78 is 0. The number of fused-ring (bicyclic) bond motifs is 2. The van der Waals surface area contributed by atoms with Gasteiger partial charge in [-0.05, 0) is 41.8 Å². The van der Waals surface area contributed by atoms with E-state index >= 15 is 0 Å². The Balaban J connectivity index is 1.39. The maximum absolute atomic E-state index is 9.09. The highest BCUT2D eigenvalue weighted by Crippen LogP contribution is 2.46. The van der Waals surface area contributed by atoms with Gasteiger partial charge < -0.3 is 5.11 Å². The minimum Gasteiger partial charge on any atom is -0.395 e. The van der Waals surface area contributed by atoms with Crippen LogP contribution in [0.15, 0.2) is 52.3 Å². The number of benzene rings is 2. The summed E-state index contributed by atoms with van der Waals surface area (Å²) >= 11 is 10.2. The van der Waals surface area contributed by atoms with Crippen molar-refractivity contribution >= 4 is 35.1 Å². The molecule has 3 nitrogen and oxygen atoms in total. The van der Waals surface area contributed by atoms with Gasteiger partial charge >= 0.3 is 0 Å². The maximum atomic E-state index is 9.09. The molecule has 4 rings (SSSR count). The van der Waals surface area contributed by atoms with Crippen LogP contribution in [0.2, 0.25) is 5.02 Å². The van der Waals surface area contributed by atoms with Gasteiger partial charge in [-0.25, -0.2) is 0 Å². The van der Waals surface area contributed by atoms with Crippen LogP contribution in [0.25, 0.3) is 0 Å². The minimum atomic E-state index is 0.264. The fourth-order valence-corrected chi connectivity index (χ4v) is 6.65. The van der Waals surface area contributed by atoms with Crippen LogP contribution >= 0.6 is 35.1 Å². The summed E-state index contributed by atoms with van der Waals surface area (Å²) in [5.74, 6) is 1.14. The molecule has 1 unspecified atom stereocenters. The van der Waals surface area contributed by atoms with Crippen molar-refractivity contribution in [2.24, 2.45) is 0 Å². The summed E-state index contributed by atoms with van der Waals surface area (Å²) in [6.45, 7) is 6.56. The number of halogens is 1. The molecule has 2 heterocycles. The number of hydrogen-bond acceptors (Lipinski definition) is 5. The first-order chi connectivity index (χ1) is 13.7. The number of β-amino-alcohol motifs (C(OH)–C–C–N with tert-alkyl or cyclic N) is 1. The number of aliphatic hydroxyl groups excluding tert-OH is 1. The number of nitrogens with zero attached hydrogens (tertiary/aromatic N) is 2. The molecular formula is C22H27ClN2OS2. The minimum absolute atomic E-state index is 0.264. The van der Waals surface area contributed by atoms with E-state index < -0.39 is 0 Å². The van der Waals surface area contributed by atoms with Crippen LogP contribution < -0.4 is 0 Å². The van der Waals surface area contributed by atoms with E-state index in [2.05, 4.69) is 58.0 Å². The molecule has 1 N–H and O–H groups in total. The third-order valence-corrected chi connectivity index (χ3v) is 8.21. The molecule has 6 heteroatoms. The summed E-state index contributed by atoms with van der Waals surface area (Å²) in [5.41, 5.74) is 2.82. The smallest absolute Gasteiger partial charge is 0.0558 e. The van der Waals surface area contributed by atoms with Crippen molar-refractivity contribution < 1.29 is 5.11 Å². The lowest BCUT2D eigenvalue weighted by Gasteiger charge is -2.34. The van der Waals surface area contributed by atoms with Crippen molar-refractivity contribution in [3.8, 4) is 0 Å². The predicted molar refractivity (Wildman–Crippen MR) is 121 cm³/mol. The highest BCUT2D eigenvalue weighted by atomic mass is 35.5. The van der Waals surface area contributed by atoms with Crippen molar-refractivity contribution in [1.29, 1.82) is 0 Å². The lowest BCUT2D eigenvalue weighted by atomic mass is 10.0. The van der Waals surface area contributed by atoms with Gasteiger partial charge in [0.15, 0.2) is 0 Å². The highest BCUT2D eigenvalue weighted by Gasteiger charge is 2.24. The Kier molecular flexibility index (Phi) is 7.26. The van der Waals surface area contributed by atoms with Gasteiger partial charge in [0.1, 0.15) is 0 Å². The molecule has 150 valence electrons. The molecule has 0 spiro atoms. The van der Waals surface area contributed by atoms with E-state index in [1.165, 1.54) is 20.9 Å². The lowest BCUT2D eigenvalue weighted by molar-refractivity contribution is 0.117. The summed E-state index contributed by atoms with van der Waals surface area (Å²) in [5, 5.41) is 10.4. The summed E-state index contributed by atoms with van der Waals surface area (Å²) in [6, 6.07) is 15.1. The van der Waals surface area contributed by atoms with Crippen molar-refractivity contribution in [3.05, 3.63) is 58.6 Å². The van der Waals surface area contributed by atoms with E-state index in [0.717, 1.165) is 56.5 Å². The van der Waals surface area contributed by atoms with Gasteiger partial charge in [-0.15, -0.1) is 0 Å². The largest absolute Gasteiger partial charge is 0.395 e. The number of hydrogen-bond donors (Lipinski definition) is 1. The van der Waals surface area contributed by atoms with E-state index in [-0.39, 0.29) is 6.61 Å². The Morgan fingerprint density at radius 3 is 2.54 bits per heavy atom. The normalized spacial score (nSPS) is 20.4. The second-order valence-corrected chi connectivity index (χ2v) is 10.2. The van der Waals surface area contributed by atoms with Gasteiger partial charge in [-0.2, -0.15) is 11.8 Å². The molecule has 1 atom stereocenters. The molecule has 2 aliphatic rings. The molecule has 0 aromatic heterocycles. The topological polar surface area (TPSA) is 26.7 Å². The summed E-state index contributed by atoms with van der Waals surface area (Å²) in [4.78, 5) is 7.62. The molecule has 28 heavy (non-hydrogen) atoms. The molecule has 0 radical (unpaired) electrons.